The zero-order valence-electron chi connectivity index (χ0n) is 11.7. The SMILES string of the molecule is CCNC(=S)N/N=C/c1cc(Br)c(OC)c(OCC)c1. The van der Waals surface area contributed by atoms with Gasteiger partial charge in [0.15, 0.2) is 16.6 Å². The molecule has 0 radical (unpaired) electrons. The number of ether oxygens (including phenoxy) is 2. The van der Waals surface area contributed by atoms with Crippen LogP contribution in [0.25, 0.3) is 0 Å². The van der Waals surface area contributed by atoms with E-state index in [1.807, 2.05) is 26.0 Å². The molecule has 0 unspecified atom stereocenters. The number of halogens is 1. The molecule has 20 heavy (non-hydrogen) atoms. The number of hydrogen-bond acceptors (Lipinski definition) is 4. The van der Waals surface area contributed by atoms with Gasteiger partial charge in [-0.3, -0.25) is 5.43 Å². The Kier molecular flexibility index (Phi) is 7.32. The summed E-state index contributed by atoms with van der Waals surface area (Å²) in [7, 11) is 1.60. The molecular formula is C13H18BrN3O2S. The average Bonchev–Trinajstić information content (AvgIpc) is 2.39. The third kappa shape index (κ3) is 4.97. The van der Waals surface area contributed by atoms with Gasteiger partial charge in [-0.2, -0.15) is 5.10 Å². The van der Waals surface area contributed by atoms with Crippen molar-refractivity contribution >= 4 is 39.5 Å². The predicted molar refractivity (Wildman–Crippen MR) is 88.9 cm³/mol. The Morgan fingerprint density at radius 1 is 1.45 bits per heavy atom. The van der Waals surface area contributed by atoms with Gasteiger partial charge in [0.25, 0.3) is 0 Å². The molecule has 0 aromatic heterocycles. The number of nitrogens with zero attached hydrogens (tertiary/aromatic N) is 1. The average molecular weight is 360 g/mol. The standard InChI is InChI=1S/C13H18BrN3O2S/c1-4-15-13(20)17-16-8-9-6-10(14)12(18-3)11(7-9)19-5-2/h6-8H,4-5H2,1-3H3,(H2,15,17,20)/b16-8+. The second kappa shape index (κ2) is 8.76. The van der Waals surface area contributed by atoms with Crippen molar-refractivity contribution in [3.05, 3.63) is 22.2 Å². The quantitative estimate of drug-likeness (QED) is 0.464. The van der Waals surface area contributed by atoms with Gasteiger partial charge in [0, 0.05) is 6.54 Å². The van der Waals surface area contributed by atoms with Crippen LogP contribution < -0.4 is 20.2 Å². The minimum Gasteiger partial charge on any atom is -0.492 e. The Balaban J connectivity index is 2.85. The molecular weight excluding hydrogens is 342 g/mol. The van der Waals surface area contributed by atoms with E-state index in [1.165, 1.54) is 0 Å². The molecule has 0 fully saturated rings. The minimum absolute atomic E-state index is 0.487. The Bertz CT molecular complexity index is 495. The van der Waals surface area contributed by atoms with Gasteiger partial charge >= 0.3 is 0 Å². The highest BCUT2D eigenvalue weighted by molar-refractivity contribution is 9.10. The van der Waals surface area contributed by atoms with Crippen LogP contribution in [0.5, 0.6) is 11.5 Å². The van der Waals surface area contributed by atoms with Gasteiger partial charge in [0.2, 0.25) is 0 Å². The molecule has 1 aromatic carbocycles. The van der Waals surface area contributed by atoms with Crippen molar-refractivity contribution in [2.75, 3.05) is 20.3 Å². The molecule has 7 heteroatoms. The summed E-state index contributed by atoms with van der Waals surface area (Å²) in [6.07, 6.45) is 1.66. The van der Waals surface area contributed by atoms with Crippen LogP contribution in [0.3, 0.4) is 0 Å². The van der Waals surface area contributed by atoms with Crippen LogP contribution in [0.1, 0.15) is 19.4 Å². The van der Waals surface area contributed by atoms with Crippen molar-refractivity contribution in [1.29, 1.82) is 0 Å². The molecule has 0 aliphatic carbocycles. The minimum atomic E-state index is 0.487. The number of thiocarbonyl (C=S) groups is 1. The third-order valence-corrected chi connectivity index (χ3v) is 3.08. The van der Waals surface area contributed by atoms with Crippen molar-refractivity contribution < 1.29 is 9.47 Å². The molecule has 0 aliphatic rings. The maximum atomic E-state index is 5.54. The van der Waals surface area contributed by atoms with Crippen LogP contribution in [0.4, 0.5) is 0 Å². The van der Waals surface area contributed by atoms with E-state index in [2.05, 4.69) is 31.8 Å². The lowest BCUT2D eigenvalue weighted by molar-refractivity contribution is 0.310. The molecule has 0 bridgehead atoms. The molecule has 5 nitrogen and oxygen atoms in total. The number of nitrogens with one attached hydrogen (secondary N) is 2. The second-order valence-electron chi connectivity index (χ2n) is 3.70. The van der Waals surface area contributed by atoms with Gasteiger partial charge in [-0.25, -0.2) is 0 Å². The smallest absolute Gasteiger partial charge is 0.186 e. The zero-order chi connectivity index (χ0) is 15.0. The Morgan fingerprint density at radius 2 is 2.20 bits per heavy atom. The van der Waals surface area contributed by atoms with Gasteiger partial charge in [0.05, 0.1) is 24.4 Å². The Morgan fingerprint density at radius 3 is 2.80 bits per heavy atom. The highest BCUT2D eigenvalue weighted by Crippen LogP contribution is 2.36. The van der Waals surface area contributed by atoms with Crippen molar-refractivity contribution in [3.63, 3.8) is 0 Å². The highest BCUT2D eigenvalue weighted by Gasteiger charge is 2.10. The van der Waals surface area contributed by atoms with Crippen molar-refractivity contribution in [3.8, 4) is 11.5 Å². The molecule has 0 aliphatic heterocycles. The summed E-state index contributed by atoms with van der Waals surface area (Å²) < 4.78 is 11.6. The predicted octanol–water partition coefficient (Wildman–Crippen LogP) is 2.67. The number of methoxy groups -OCH3 is 1. The summed E-state index contributed by atoms with van der Waals surface area (Å²) in [6.45, 7) is 5.20. The van der Waals surface area contributed by atoms with Gasteiger partial charge in [-0.05, 0) is 59.7 Å². The molecule has 110 valence electrons. The monoisotopic (exact) mass is 359 g/mol. The number of hydrogen-bond donors (Lipinski definition) is 2. The summed E-state index contributed by atoms with van der Waals surface area (Å²) in [6, 6.07) is 3.75. The largest absolute Gasteiger partial charge is 0.492 e. The first-order chi connectivity index (χ1) is 9.62. The summed E-state index contributed by atoms with van der Waals surface area (Å²) in [5.74, 6) is 1.33. The summed E-state index contributed by atoms with van der Waals surface area (Å²) in [4.78, 5) is 0. The lowest BCUT2D eigenvalue weighted by Gasteiger charge is -2.11. The number of benzene rings is 1. The van der Waals surface area contributed by atoms with Crippen LogP contribution in [-0.4, -0.2) is 31.6 Å². The summed E-state index contributed by atoms with van der Waals surface area (Å²) >= 11 is 8.46. The van der Waals surface area contributed by atoms with Crippen molar-refractivity contribution in [2.45, 2.75) is 13.8 Å². The Hall–Kier alpha value is -1.34. The lowest BCUT2D eigenvalue weighted by Crippen LogP contribution is -2.31. The first-order valence-corrected chi connectivity index (χ1v) is 7.39. The maximum Gasteiger partial charge on any atom is 0.186 e. The lowest BCUT2D eigenvalue weighted by atomic mass is 10.2. The summed E-state index contributed by atoms with van der Waals surface area (Å²) in [5, 5.41) is 7.50. The van der Waals surface area contributed by atoms with Crippen molar-refractivity contribution in [1.82, 2.24) is 10.7 Å². The van der Waals surface area contributed by atoms with E-state index in [0.717, 1.165) is 16.6 Å². The van der Waals surface area contributed by atoms with Gasteiger partial charge < -0.3 is 14.8 Å². The highest BCUT2D eigenvalue weighted by atomic mass is 79.9. The van der Waals surface area contributed by atoms with E-state index in [9.17, 15) is 0 Å². The second-order valence-corrected chi connectivity index (χ2v) is 4.96. The first-order valence-electron chi connectivity index (χ1n) is 6.19. The van der Waals surface area contributed by atoms with Gasteiger partial charge in [-0.15, -0.1) is 0 Å². The van der Waals surface area contributed by atoms with Gasteiger partial charge in [0.1, 0.15) is 0 Å². The normalized spacial score (nSPS) is 10.4. The van der Waals surface area contributed by atoms with Gasteiger partial charge in [-0.1, -0.05) is 0 Å². The van der Waals surface area contributed by atoms with E-state index in [4.69, 9.17) is 21.7 Å². The molecule has 0 saturated carbocycles. The molecule has 0 amide bonds. The molecule has 0 saturated heterocycles. The van der Waals surface area contributed by atoms with Crippen LogP contribution in [-0.2, 0) is 0 Å². The van der Waals surface area contributed by atoms with Crippen LogP contribution >= 0.6 is 28.1 Å². The number of hydrazone groups is 1. The molecule has 1 aromatic rings. The van der Waals surface area contributed by atoms with E-state index in [1.54, 1.807) is 13.3 Å². The van der Waals surface area contributed by atoms with E-state index >= 15 is 0 Å². The fourth-order valence-electron chi connectivity index (χ4n) is 1.49. The summed E-state index contributed by atoms with van der Waals surface area (Å²) in [5.41, 5.74) is 3.60. The third-order valence-electron chi connectivity index (χ3n) is 2.25. The molecule has 0 spiro atoms. The number of rotatable bonds is 6. The topological polar surface area (TPSA) is 54.9 Å². The molecule has 0 heterocycles. The van der Waals surface area contributed by atoms with E-state index in [-0.39, 0.29) is 0 Å². The first kappa shape index (κ1) is 16.7. The zero-order valence-corrected chi connectivity index (χ0v) is 14.1. The Labute approximate surface area is 132 Å². The fraction of sp³-hybridized carbons (Fsp3) is 0.385. The molecule has 0 atom stereocenters. The molecule has 2 N–H and O–H groups in total. The fourth-order valence-corrected chi connectivity index (χ4v) is 2.31. The van der Waals surface area contributed by atoms with Crippen LogP contribution in [0.15, 0.2) is 21.7 Å². The van der Waals surface area contributed by atoms with Crippen molar-refractivity contribution in [2.24, 2.45) is 5.10 Å². The van der Waals surface area contributed by atoms with E-state index < -0.39 is 0 Å². The van der Waals surface area contributed by atoms with E-state index in [0.29, 0.717) is 23.2 Å². The van der Waals surface area contributed by atoms with Crippen LogP contribution in [0.2, 0.25) is 0 Å². The molecule has 1 rings (SSSR count). The van der Waals surface area contributed by atoms with Crippen LogP contribution in [0, 0.1) is 0 Å². The maximum absolute atomic E-state index is 5.54.